The van der Waals surface area contributed by atoms with Gasteiger partial charge in [-0.25, -0.2) is 0 Å². The first-order chi connectivity index (χ1) is 13.8. The third-order valence-corrected chi connectivity index (χ3v) is 7.05. The van der Waals surface area contributed by atoms with Crippen molar-refractivity contribution in [2.24, 2.45) is 0 Å². The Morgan fingerprint density at radius 1 is 0.964 bits per heavy atom. The molecule has 2 aliphatic rings. The Labute approximate surface area is 170 Å². The maximum absolute atomic E-state index is 13.6. The Balaban J connectivity index is 1.51. The fourth-order valence-corrected chi connectivity index (χ4v) is 5.68. The van der Waals surface area contributed by atoms with E-state index in [0.717, 1.165) is 35.4 Å². The van der Waals surface area contributed by atoms with Gasteiger partial charge in [0, 0.05) is 11.4 Å². The van der Waals surface area contributed by atoms with Crippen LogP contribution in [0.2, 0.25) is 0 Å². The van der Waals surface area contributed by atoms with Crippen LogP contribution in [0.25, 0.3) is 0 Å². The third kappa shape index (κ3) is 3.12. The highest BCUT2D eigenvalue weighted by molar-refractivity contribution is 7.16. The molecular weight excluding hydrogens is 364 g/mol. The topological polar surface area (TPSA) is 32.3 Å². The van der Waals surface area contributed by atoms with Gasteiger partial charge in [-0.15, -0.1) is 11.3 Å². The van der Waals surface area contributed by atoms with Crippen molar-refractivity contribution in [3.63, 3.8) is 0 Å². The Morgan fingerprint density at radius 3 is 2.46 bits per heavy atom. The number of carbonyl (C=O) groups is 1. The van der Waals surface area contributed by atoms with Gasteiger partial charge in [0.15, 0.2) is 0 Å². The van der Waals surface area contributed by atoms with Gasteiger partial charge in [0.25, 0.3) is 5.91 Å². The van der Waals surface area contributed by atoms with E-state index < -0.39 is 0 Å². The number of nitrogens with zero attached hydrogens (tertiary/aromatic N) is 1. The average molecular weight is 389 g/mol. The molecule has 1 N–H and O–H groups in total. The van der Waals surface area contributed by atoms with Crippen LogP contribution in [0.15, 0.2) is 60.7 Å². The number of carbonyl (C=O) groups excluding carboxylic acids is 1. The lowest BCUT2D eigenvalue weighted by molar-refractivity contribution is 0.0685. The maximum atomic E-state index is 13.6. The largest absolute Gasteiger partial charge is 0.352 e. The fourth-order valence-electron chi connectivity index (χ4n) is 4.38. The third-order valence-electron chi connectivity index (χ3n) is 5.83. The van der Waals surface area contributed by atoms with Crippen molar-refractivity contribution in [3.8, 4) is 0 Å². The number of benzene rings is 2. The fraction of sp³-hybridized carbons (Fsp3) is 0.292. The Bertz CT molecular complexity index is 981. The number of hydrogen-bond donors (Lipinski definition) is 1. The molecular formula is C24H24N2OS. The lowest BCUT2D eigenvalue weighted by atomic mass is 9.93. The smallest absolute Gasteiger partial charge is 0.259 e. The van der Waals surface area contributed by atoms with Gasteiger partial charge in [0.05, 0.1) is 5.56 Å². The number of aryl methyl sites for hydroxylation is 1. The molecule has 0 spiro atoms. The van der Waals surface area contributed by atoms with E-state index in [-0.39, 0.29) is 12.1 Å². The molecule has 0 fully saturated rings. The normalized spacial score (nSPS) is 18.4. The summed E-state index contributed by atoms with van der Waals surface area (Å²) in [5.41, 5.74) is 4.65. The van der Waals surface area contributed by atoms with Crippen LogP contribution < -0.4 is 5.32 Å². The van der Waals surface area contributed by atoms with E-state index in [4.69, 9.17) is 0 Å². The minimum atomic E-state index is -0.106. The first-order valence-corrected chi connectivity index (χ1v) is 10.9. The molecule has 1 amide bonds. The lowest BCUT2D eigenvalue weighted by Crippen LogP contribution is -2.43. The molecule has 142 valence electrons. The highest BCUT2D eigenvalue weighted by atomic mass is 32.1. The molecule has 4 heteroatoms. The van der Waals surface area contributed by atoms with E-state index in [2.05, 4.69) is 41.7 Å². The number of thiophene rings is 1. The van der Waals surface area contributed by atoms with E-state index >= 15 is 0 Å². The van der Waals surface area contributed by atoms with Crippen LogP contribution in [0.1, 0.15) is 50.9 Å². The Morgan fingerprint density at radius 2 is 1.68 bits per heavy atom. The molecule has 1 aromatic heterocycles. The van der Waals surface area contributed by atoms with Crippen LogP contribution in [-0.2, 0) is 19.3 Å². The van der Waals surface area contributed by atoms with Crippen LogP contribution in [0.3, 0.4) is 0 Å². The summed E-state index contributed by atoms with van der Waals surface area (Å²) >= 11 is 1.80. The van der Waals surface area contributed by atoms with Crippen molar-refractivity contribution in [3.05, 3.63) is 87.8 Å². The van der Waals surface area contributed by atoms with E-state index in [1.807, 2.05) is 29.2 Å². The second kappa shape index (κ2) is 7.44. The number of fused-ring (bicyclic) bond motifs is 3. The summed E-state index contributed by atoms with van der Waals surface area (Å²) in [5.74, 6) is 0.193. The van der Waals surface area contributed by atoms with Gasteiger partial charge in [-0.3, -0.25) is 4.79 Å². The first kappa shape index (κ1) is 17.5. The molecule has 28 heavy (non-hydrogen) atoms. The molecule has 0 saturated heterocycles. The highest BCUT2D eigenvalue weighted by Gasteiger charge is 2.37. The molecule has 5 rings (SSSR count). The summed E-state index contributed by atoms with van der Waals surface area (Å²) in [6.07, 6.45) is 5.33. The predicted molar refractivity (Wildman–Crippen MR) is 115 cm³/mol. The maximum Gasteiger partial charge on any atom is 0.259 e. The molecule has 2 aromatic carbocycles. The number of anilines is 1. The first-order valence-electron chi connectivity index (χ1n) is 10.1. The van der Waals surface area contributed by atoms with Crippen molar-refractivity contribution in [1.29, 1.82) is 0 Å². The molecule has 3 nitrogen and oxygen atoms in total. The van der Waals surface area contributed by atoms with Crippen molar-refractivity contribution in [1.82, 2.24) is 4.90 Å². The average Bonchev–Trinajstić information content (AvgIpc) is 3.13. The van der Waals surface area contributed by atoms with Gasteiger partial charge >= 0.3 is 0 Å². The molecule has 1 aliphatic carbocycles. The van der Waals surface area contributed by atoms with Crippen LogP contribution in [0.5, 0.6) is 0 Å². The zero-order valence-electron chi connectivity index (χ0n) is 15.9. The summed E-state index contributed by atoms with van der Waals surface area (Å²) in [5, 5.41) is 4.78. The molecule has 0 radical (unpaired) electrons. The van der Waals surface area contributed by atoms with Gasteiger partial charge in [0.1, 0.15) is 11.2 Å². The summed E-state index contributed by atoms with van der Waals surface area (Å²) in [6, 6.07) is 20.8. The molecule has 1 unspecified atom stereocenters. The van der Waals surface area contributed by atoms with Gasteiger partial charge < -0.3 is 10.2 Å². The van der Waals surface area contributed by atoms with Crippen LogP contribution in [0.4, 0.5) is 5.00 Å². The molecule has 1 atom stereocenters. The summed E-state index contributed by atoms with van der Waals surface area (Å²) < 4.78 is 0. The SMILES string of the molecule is O=C1c2c(sc3c2CCCC3)NC(c2ccccc2)N1CCc1ccccc1. The van der Waals surface area contributed by atoms with Crippen LogP contribution in [-0.4, -0.2) is 17.4 Å². The minimum Gasteiger partial charge on any atom is -0.352 e. The van der Waals surface area contributed by atoms with Gasteiger partial charge in [-0.1, -0.05) is 60.7 Å². The highest BCUT2D eigenvalue weighted by Crippen LogP contribution is 2.44. The summed E-state index contributed by atoms with van der Waals surface area (Å²) in [7, 11) is 0. The van der Waals surface area contributed by atoms with Crippen molar-refractivity contribution >= 4 is 22.2 Å². The monoisotopic (exact) mass is 388 g/mol. The van der Waals surface area contributed by atoms with Gasteiger partial charge in [0.2, 0.25) is 0 Å². The van der Waals surface area contributed by atoms with Gasteiger partial charge in [-0.05, 0) is 48.8 Å². The zero-order chi connectivity index (χ0) is 18.9. The molecule has 0 saturated carbocycles. The number of hydrogen-bond acceptors (Lipinski definition) is 3. The minimum absolute atomic E-state index is 0.106. The number of amides is 1. The predicted octanol–water partition coefficient (Wildman–Crippen LogP) is 5.44. The molecule has 3 aromatic rings. The number of rotatable bonds is 4. The standard InChI is InChI=1S/C24H24N2OS/c27-24-21-19-13-7-8-14-20(19)28-23(21)25-22(18-11-5-2-6-12-18)26(24)16-15-17-9-3-1-4-10-17/h1-6,9-12,22,25H,7-8,13-16H2. The van der Waals surface area contributed by atoms with E-state index in [9.17, 15) is 4.79 Å². The molecule has 0 bridgehead atoms. The van der Waals surface area contributed by atoms with Gasteiger partial charge in [-0.2, -0.15) is 0 Å². The molecule has 2 heterocycles. The second-order valence-electron chi connectivity index (χ2n) is 7.61. The van der Waals surface area contributed by atoms with Crippen molar-refractivity contribution in [2.75, 3.05) is 11.9 Å². The second-order valence-corrected chi connectivity index (χ2v) is 8.71. The molecule has 1 aliphatic heterocycles. The van der Waals surface area contributed by atoms with E-state index in [1.165, 1.54) is 28.8 Å². The lowest BCUT2D eigenvalue weighted by Gasteiger charge is -2.37. The Kier molecular flexibility index (Phi) is 4.65. The summed E-state index contributed by atoms with van der Waals surface area (Å²) in [6.45, 7) is 0.708. The van der Waals surface area contributed by atoms with Crippen molar-refractivity contribution < 1.29 is 4.79 Å². The zero-order valence-corrected chi connectivity index (χ0v) is 16.7. The Hall–Kier alpha value is -2.59. The van der Waals surface area contributed by atoms with Crippen LogP contribution in [0, 0.1) is 0 Å². The number of nitrogens with one attached hydrogen (secondary N) is 1. The summed E-state index contributed by atoms with van der Waals surface area (Å²) in [4.78, 5) is 17.1. The van der Waals surface area contributed by atoms with Crippen molar-refractivity contribution in [2.45, 2.75) is 38.3 Å². The quantitative estimate of drug-likeness (QED) is 0.646. The van der Waals surface area contributed by atoms with Crippen LogP contribution >= 0.6 is 11.3 Å². The van der Waals surface area contributed by atoms with E-state index in [0.29, 0.717) is 6.54 Å². The van der Waals surface area contributed by atoms with E-state index in [1.54, 1.807) is 11.3 Å².